The average molecular weight is 305 g/mol. The van der Waals surface area contributed by atoms with Crippen molar-refractivity contribution in [2.75, 3.05) is 13.1 Å². The molecule has 0 spiro atoms. The number of rotatable bonds is 7. The molecule has 1 rings (SSSR count). The van der Waals surface area contributed by atoms with Crippen molar-refractivity contribution < 1.29 is 9.59 Å². The molecule has 0 saturated carbocycles. The highest BCUT2D eigenvalue weighted by atomic mass is 79.9. The zero-order chi connectivity index (χ0) is 11.8. The molecule has 4 nitrogen and oxygen atoms in total. The summed E-state index contributed by atoms with van der Waals surface area (Å²) < 4.78 is 1.03. The molecule has 0 fully saturated rings. The minimum Gasteiger partial charge on any atom is -0.359 e. The van der Waals surface area contributed by atoms with Crippen LogP contribution in [0.25, 0.3) is 0 Å². The molecule has 0 unspecified atom stereocenters. The Morgan fingerprint density at radius 3 is 2.88 bits per heavy atom. The van der Waals surface area contributed by atoms with Crippen LogP contribution in [0, 0.1) is 0 Å². The molecule has 1 heterocycles. The fourth-order valence-electron chi connectivity index (χ4n) is 1.14. The molecule has 0 atom stereocenters. The molecular weight excluding hydrogens is 292 g/mol. The Morgan fingerprint density at radius 1 is 1.44 bits per heavy atom. The summed E-state index contributed by atoms with van der Waals surface area (Å²) in [5.41, 5.74) is 0. The van der Waals surface area contributed by atoms with E-state index in [1.54, 1.807) is 11.3 Å². The van der Waals surface area contributed by atoms with E-state index < -0.39 is 0 Å². The fourth-order valence-corrected chi connectivity index (χ4v) is 2.63. The van der Waals surface area contributed by atoms with Crippen molar-refractivity contribution in [3.63, 3.8) is 0 Å². The van der Waals surface area contributed by atoms with Crippen LogP contribution in [0.2, 0.25) is 0 Å². The van der Waals surface area contributed by atoms with Crippen molar-refractivity contribution in [1.82, 2.24) is 10.6 Å². The predicted octanol–water partition coefficient (Wildman–Crippen LogP) is 1.31. The summed E-state index contributed by atoms with van der Waals surface area (Å²) in [6, 6.07) is 3.86. The number of nitrogens with one attached hydrogen (secondary N) is 2. The molecule has 1 aromatic rings. The Hall–Kier alpha value is -0.880. The second-order valence-corrected chi connectivity index (χ2v) is 5.71. The van der Waals surface area contributed by atoms with Crippen LogP contribution in [-0.4, -0.2) is 25.4 Å². The average Bonchev–Trinajstić information content (AvgIpc) is 2.63. The van der Waals surface area contributed by atoms with Crippen molar-refractivity contribution in [2.45, 2.75) is 12.8 Å². The first-order valence-corrected chi connectivity index (χ1v) is 6.51. The lowest BCUT2D eigenvalue weighted by Gasteiger charge is -2.03. The SMILES string of the molecule is O=CNCCCNC(=O)Cc1ccc(Br)s1. The van der Waals surface area contributed by atoms with Gasteiger partial charge in [-0.25, -0.2) is 0 Å². The van der Waals surface area contributed by atoms with E-state index in [2.05, 4.69) is 26.6 Å². The summed E-state index contributed by atoms with van der Waals surface area (Å²) in [7, 11) is 0. The maximum Gasteiger partial charge on any atom is 0.225 e. The molecule has 0 radical (unpaired) electrons. The van der Waals surface area contributed by atoms with E-state index in [0.29, 0.717) is 25.9 Å². The zero-order valence-corrected chi connectivity index (χ0v) is 11.1. The lowest BCUT2D eigenvalue weighted by atomic mass is 10.3. The third kappa shape index (κ3) is 5.27. The molecule has 0 aromatic carbocycles. The Kier molecular flexibility index (Phi) is 6.10. The molecule has 1 aromatic heterocycles. The van der Waals surface area contributed by atoms with Gasteiger partial charge in [0, 0.05) is 18.0 Å². The van der Waals surface area contributed by atoms with Crippen LogP contribution in [0.1, 0.15) is 11.3 Å². The number of hydrogen-bond acceptors (Lipinski definition) is 3. The maximum absolute atomic E-state index is 11.4. The maximum atomic E-state index is 11.4. The van der Waals surface area contributed by atoms with E-state index in [9.17, 15) is 9.59 Å². The van der Waals surface area contributed by atoms with Gasteiger partial charge in [-0.3, -0.25) is 9.59 Å². The van der Waals surface area contributed by atoms with Crippen molar-refractivity contribution in [1.29, 1.82) is 0 Å². The summed E-state index contributed by atoms with van der Waals surface area (Å²) in [4.78, 5) is 22.4. The van der Waals surface area contributed by atoms with Crippen LogP contribution in [0.5, 0.6) is 0 Å². The Labute approximate surface area is 107 Å². The van der Waals surface area contributed by atoms with Gasteiger partial charge in [0.25, 0.3) is 0 Å². The third-order valence-electron chi connectivity index (χ3n) is 1.87. The minimum atomic E-state index is 0.0143. The normalized spacial score (nSPS) is 9.81. The molecule has 0 aliphatic heterocycles. The van der Waals surface area contributed by atoms with Crippen LogP contribution in [0.15, 0.2) is 15.9 Å². The number of hydrogen-bond donors (Lipinski definition) is 2. The first kappa shape index (κ1) is 13.2. The second kappa shape index (κ2) is 7.40. The molecule has 2 amide bonds. The highest BCUT2D eigenvalue weighted by Gasteiger charge is 2.04. The van der Waals surface area contributed by atoms with E-state index in [1.807, 2.05) is 12.1 Å². The summed E-state index contributed by atoms with van der Waals surface area (Å²) >= 11 is 4.91. The van der Waals surface area contributed by atoms with Gasteiger partial charge in [0.15, 0.2) is 0 Å². The van der Waals surface area contributed by atoms with Gasteiger partial charge in [0.05, 0.1) is 10.2 Å². The first-order valence-electron chi connectivity index (χ1n) is 4.90. The van der Waals surface area contributed by atoms with E-state index >= 15 is 0 Å². The van der Waals surface area contributed by atoms with Gasteiger partial charge in [-0.15, -0.1) is 11.3 Å². The van der Waals surface area contributed by atoms with Crippen LogP contribution in [-0.2, 0) is 16.0 Å². The topological polar surface area (TPSA) is 58.2 Å². The summed E-state index contributed by atoms with van der Waals surface area (Å²) in [6.07, 6.45) is 1.82. The van der Waals surface area contributed by atoms with E-state index in [1.165, 1.54) is 0 Å². The zero-order valence-electron chi connectivity index (χ0n) is 8.66. The van der Waals surface area contributed by atoms with Crippen LogP contribution in [0.4, 0.5) is 0 Å². The minimum absolute atomic E-state index is 0.0143. The summed E-state index contributed by atoms with van der Waals surface area (Å²) in [6.45, 7) is 1.18. The van der Waals surface area contributed by atoms with Gasteiger partial charge in [-0.1, -0.05) is 0 Å². The van der Waals surface area contributed by atoms with Gasteiger partial charge in [0.1, 0.15) is 0 Å². The lowest BCUT2D eigenvalue weighted by Crippen LogP contribution is -2.28. The van der Waals surface area contributed by atoms with Gasteiger partial charge >= 0.3 is 0 Å². The number of amides is 2. The molecule has 88 valence electrons. The van der Waals surface area contributed by atoms with Crippen LogP contribution in [0.3, 0.4) is 0 Å². The summed E-state index contributed by atoms with van der Waals surface area (Å²) in [5, 5.41) is 5.33. The molecule has 6 heteroatoms. The quantitative estimate of drug-likeness (QED) is 0.589. The monoisotopic (exact) mass is 304 g/mol. The van der Waals surface area contributed by atoms with Crippen molar-refractivity contribution in [3.05, 3.63) is 20.8 Å². The predicted molar refractivity (Wildman–Crippen MR) is 67.4 cm³/mol. The highest BCUT2D eigenvalue weighted by Crippen LogP contribution is 2.22. The molecule has 0 bridgehead atoms. The van der Waals surface area contributed by atoms with Crippen LogP contribution < -0.4 is 10.6 Å². The number of thiophene rings is 1. The van der Waals surface area contributed by atoms with Gasteiger partial charge in [-0.05, 0) is 34.5 Å². The van der Waals surface area contributed by atoms with E-state index in [-0.39, 0.29) is 5.91 Å². The van der Waals surface area contributed by atoms with Gasteiger partial charge in [-0.2, -0.15) is 0 Å². The van der Waals surface area contributed by atoms with E-state index in [4.69, 9.17) is 0 Å². The fraction of sp³-hybridized carbons (Fsp3) is 0.400. The molecule has 0 saturated heterocycles. The molecule has 0 aliphatic rings. The smallest absolute Gasteiger partial charge is 0.225 e. The molecule has 2 N–H and O–H groups in total. The third-order valence-corrected chi connectivity index (χ3v) is 3.49. The summed E-state index contributed by atoms with van der Waals surface area (Å²) in [5.74, 6) is 0.0143. The number of carbonyl (C=O) groups is 2. The second-order valence-electron chi connectivity index (χ2n) is 3.16. The van der Waals surface area contributed by atoms with Gasteiger partial charge < -0.3 is 10.6 Å². The number of halogens is 1. The molecule has 16 heavy (non-hydrogen) atoms. The van der Waals surface area contributed by atoms with Gasteiger partial charge in [0.2, 0.25) is 12.3 Å². The van der Waals surface area contributed by atoms with Crippen LogP contribution >= 0.6 is 27.3 Å². The number of carbonyl (C=O) groups excluding carboxylic acids is 2. The Balaban J connectivity index is 2.14. The largest absolute Gasteiger partial charge is 0.359 e. The van der Waals surface area contributed by atoms with Crippen molar-refractivity contribution >= 4 is 39.6 Å². The molecular formula is C10H13BrN2O2S. The lowest BCUT2D eigenvalue weighted by molar-refractivity contribution is -0.120. The Morgan fingerprint density at radius 2 is 2.25 bits per heavy atom. The van der Waals surface area contributed by atoms with E-state index in [0.717, 1.165) is 15.1 Å². The van der Waals surface area contributed by atoms with Crippen molar-refractivity contribution in [2.24, 2.45) is 0 Å². The standard InChI is InChI=1S/C10H13BrN2O2S/c11-9-3-2-8(16-9)6-10(15)13-5-1-4-12-7-14/h2-3,7H,1,4-6H2,(H,12,14)(H,13,15). The highest BCUT2D eigenvalue weighted by molar-refractivity contribution is 9.11. The van der Waals surface area contributed by atoms with Crippen molar-refractivity contribution in [3.8, 4) is 0 Å². The first-order chi connectivity index (χ1) is 7.72. The molecule has 0 aliphatic carbocycles. The Bertz CT molecular complexity index is 354.